The Balaban J connectivity index is 3.07. The van der Waals surface area contributed by atoms with Gasteiger partial charge in [0.15, 0.2) is 0 Å². The molecule has 21 heavy (non-hydrogen) atoms. The van der Waals surface area contributed by atoms with Crippen LogP contribution < -0.4 is 14.9 Å². The fraction of sp³-hybridized carbons (Fsp3) is 0.385. The van der Waals surface area contributed by atoms with Gasteiger partial charge in [-0.1, -0.05) is 26.0 Å². The summed E-state index contributed by atoms with van der Waals surface area (Å²) in [5, 5.41) is 21.7. The maximum atomic E-state index is 12.1. The number of aromatic carboxylic acids is 1. The Hall–Kier alpha value is -1.93. The monoisotopic (exact) mass is 313 g/mol. The standard InChI is InChI=1S/C13H17NO6S/c1-8(2)6-11(13(17)18)14-21(19,20)10-5-3-4-9(7-10)12(15)16/h3-5,7-8,11,14H,6H2,1-2H3,(H,15,16)(H,17,18)/p-2/t11-/m1/s1. The molecule has 0 aromatic heterocycles. The lowest BCUT2D eigenvalue weighted by molar-refractivity contribution is -0.308. The Labute approximate surface area is 122 Å². The number of hydrogen-bond acceptors (Lipinski definition) is 6. The van der Waals surface area contributed by atoms with Gasteiger partial charge in [0.1, 0.15) is 0 Å². The molecular formula is C13H15NO6S-2. The molecule has 0 amide bonds. The number of carboxylic acid groups (broad SMARTS) is 2. The second-order valence-electron chi connectivity index (χ2n) is 4.94. The zero-order chi connectivity index (χ0) is 16.2. The van der Waals surface area contributed by atoms with Gasteiger partial charge in [-0.25, -0.2) is 13.1 Å². The predicted molar refractivity (Wildman–Crippen MR) is 69.3 cm³/mol. The van der Waals surface area contributed by atoms with Gasteiger partial charge in [-0.3, -0.25) is 0 Å². The first-order chi connectivity index (χ1) is 9.63. The van der Waals surface area contributed by atoms with E-state index in [0.29, 0.717) is 0 Å². The highest BCUT2D eigenvalue weighted by Crippen LogP contribution is 2.13. The number of carbonyl (C=O) groups excluding carboxylic acids is 2. The van der Waals surface area contributed by atoms with Crippen LogP contribution in [-0.2, 0) is 14.8 Å². The van der Waals surface area contributed by atoms with Crippen molar-refractivity contribution in [2.45, 2.75) is 31.2 Å². The van der Waals surface area contributed by atoms with E-state index in [0.717, 1.165) is 12.1 Å². The maximum absolute atomic E-state index is 12.1. The highest BCUT2D eigenvalue weighted by molar-refractivity contribution is 7.89. The number of carboxylic acids is 2. The number of benzene rings is 1. The summed E-state index contributed by atoms with van der Waals surface area (Å²) in [6.07, 6.45) is 0.0573. The fourth-order valence-corrected chi connectivity index (χ4v) is 2.95. The third-order valence-corrected chi connectivity index (χ3v) is 4.14. The van der Waals surface area contributed by atoms with Gasteiger partial charge in [0.05, 0.1) is 22.9 Å². The third-order valence-electron chi connectivity index (χ3n) is 2.67. The van der Waals surface area contributed by atoms with Crippen molar-refractivity contribution in [2.24, 2.45) is 5.92 Å². The van der Waals surface area contributed by atoms with Crippen molar-refractivity contribution in [2.75, 3.05) is 0 Å². The molecule has 0 saturated heterocycles. The maximum Gasteiger partial charge on any atom is 0.241 e. The number of carbonyl (C=O) groups is 2. The van der Waals surface area contributed by atoms with Crippen molar-refractivity contribution in [3.63, 3.8) is 0 Å². The zero-order valence-corrected chi connectivity index (χ0v) is 12.3. The average molecular weight is 313 g/mol. The van der Waals surface area contributed by atoms with Gasteiger partial charge >= 0.3 is 0 Å². The van der Waals surface area contributed by atoms with E-state index in [4.69, 9.17) is 0 Å². The van der Waals surface area contributed by atoms with Crippen molar-refractivity contribution >= 4 is 22.0 Å². The third kappa shape index (κ3) is 4.83. The summed E-state index contributed by atoms with van der Waals surface area (Å²) < 4.78 is 26.2. The van der Waals surface area contributed by atoms with E-state index in [9.17, 15) is 28.2 Å². The SMILES string of the molecule is CC(C)C[C@@H](NS(=O)(=O)c1cccc(C(=O)[O-])c1)C(=O)[O-]. The first-order valence-electron chi connectivity index (χ1n) is 6.18. The van der Waals surface area contributed by atoms with Crippen LogP contribution in [0.4, 0.5) is 0 Å². The molecule has 1 aromatic carbocycles. The molecule has 0 aliphatic rings. The van der Waals surface area contributed by atoms with Gasteiger partial charge in [0.2, 0.25) is 10.0 Å². The molecule has 1 atom stereocenters. The predicted octanol–water partition coefficient (Wildman–Crippen LogP) is -1.51. The molecule has 0 saturated carbocycles. The second-order valence-corrected chi connectivity index (χ2v) is 6.65. The Morgan fingerprint density at radius 2 is 1.86 bits per heavy atom. The molecule has 0 spiro atoms. The van der Waals surface area contributed by atoms with Crippen LogP contribution in [0.2, 0.25) is 0 Å². The number of aliphatic carboxylic acids is 1. The molecule has 116 valence electrons. The number of hydrogen-bond donors (Lipinski definition) is 1. The van der Waals surface area contributed by atoms with Gasteiger partial charge < -0.3 is 19.8 Å². The van der Waals surface area contributed by atoms with Crippen LogP contribution in [0.1, 0.15) is 30.6 Å². The molecule has 0 aliphatic heterocycles. The Kier molecular flexibility index (Phi) is 5.45. The molecule has 8 heteroatoms. The minimum Gasteiger partial charge on any atom is -0.548 e. The fourth-order valence-electron chi connectivity index (χ4n) is 1.71. The summed E-state index contributed by atoms with van der Waals surface area (Å²) in [6.45, 7) is 3.47. The van der Waals surface area contributed by atoms with Crippen LogP contribution in [0.25, 0.3) is 0 Å². The molecule has 0 radical (unpaired) electrons. The van der Waals surface area contributed by atoms with E-state index in [2.05, 4.69) is 0 Å². The molecule has 0 fully saturated rings. The van der Waals surface area contributed by atoms with Gasteiger partial charge in [-0.05, 0) is 30.0 Å². The lowest BCUT2D eigenvalue weighted by atomic mass is 10.1. The normalized spacial score (nSPS) is 13.1. The highest BCUT2D eigenvalue weighted by Gasteiger charge is 2.22. The van der Waals surface area contributed by atoms with Crippen LogP contribution in [0.5, 0.6) is 0 Å². The zero-order valence-electron chi connectivity index (χ0n) is 11.5. The van der Waals surface area contributed by atoms with E-state index in [1.165, 1.54) is 12.1 Å². The molecular weight excluding hydrogens is 298 g/mol. The topological polar surface area (TPSA) is 126 Å². The molecule has 7 nitrogen and oxygen atoms in total. The lowest BCUT2D eigenvalue weighted by Gasteiger charge is -2.21. The summed E-state index contributed by atoms with van der Waals surface area (Å²) in [5.41, 5.74) is -0.313. The van der Waals surface area contributed by atoms with Crippen molar-refractivity contribution in [1.82, 2.24) is 4.72 Å². The minimum absolute atomic E-state index is 0.0573. The Morgan fingerprint density at radius 1 is 1.24 bits per heavy atom. The largest absolute Gasteiger partial charge is 0.548 e. The molecule has 0 unspecified atom stereocenters. The molecule has 0 aliphatic carbocycles. The lowest BCUT2D eigenvalue weighted by Crippen LogP contribution is -2.48. The summed E-state index contributed by atoms with van der Waals surface area (Å²) >= 11 is 0. The van der Waals surface area contributed by atoms with E-state index in [1.54, 1.807) is 13.8 Å². The van der Waals surface area contributed by atoms with Gasteiger partial charge in [0.25, 0.3) is 0 Å². The Morgan fingerprint density at radius 3 is 2.33 bits per heavy atom. The number of rotatable bonds is 7. The molecule has 1 aromatic rings. The minimum atomic E-state index is -4.17. The van der Waals surface area contributed by atoms with Gasteiger partial charge in [-0.15, -0.1) is 0 Å². The van der Waals surface area contributed by atoms with Crippen LogP contribution >= 0.6 is 0 Å². The molecule has 1 N–H and O–H groups in total. The van der Waals surface area contributed by atoms with E-state index >= 15 is 0 Å². The van der Waals surface area contributed by atoms with E-state index in [-0.39, 0.29) is 22.8 Å². The highest BCUT2D eigenvalue weighted by atomic mass is 32.2. The van der Waals surface area contributed by atoms with Crippen LogP contribution in [0.15, 0.2) is 29.2 Å². The van der Waals surface area contributed by atoms with Gasteiger partial charge in [-0.2, -0.15) is 0 Å². The summed E-state index contributed by atoms with van der Waals surface area (Å²) in [7, 11) is -4.17. The molecule has 1 rings (SSSR count). The number of nitrogens with one attached hydrogen (secondary N) is 1. The van der Waals surface area contributed by atoms with Crippen molar-refractivity contribution in [3.05, 3.63) is 29.8 Å². The van der Waals surface area contributed by atoms with E-state index < -0.39 is 28.0 Å². The van der Waals surface area contributed by atoms with Crippen LogP contribution in [-0.4, -0.2) is 26.4 Å². The first-order valence-corrected chi connectivity index (χ1v) is 7.66. The first kappa shape index (κ1) is 17.1. The van der Waals surface area contributed by atoms with Crippen molar-refractivity contribution in [1.29, 1.82) is 0 Å². The smallest absolute Gasteiger partial charge is 0.241 e. The van der Waals surface area contributed by atoms with Crippen LogP contribution in [0.3, 0.4) is 0 Å². The summed E-state index contributed by atoms with van der Waals surface area (Å²) in [6, 6.07) is 3.09. The summed E-state index contributed by atoms with van der Waals surface area (Å²) in [5.74, 6) is -3.13. The quantitative estimate of drug-likeness (QED) is 0.652. The van der Waals surface area contributed by atoms with Gasteiger partial charge in [0, 0.05) is 0 Å². The molecule has 0 heterocycles. The average Bonchev–Trinajstić information content (AvgIpc) is 2.37. The van der Waals surface area contributed by atoms with Crippen molar-refractivity contribution < 1.29 is 28.2 Å². The van der Waals surface area contributed by atoms with E-state index in [1.807, 2.05) is 4.72 Å². The van der Waals surface area contributed by atoms with Crippen molar-refractivity contribution in [3.8, 4) is 0 Å². The Bertz CT molecular complexity index is 638. The summed E-state index contributed by atoms with van der Waals surface area (Å²) in [4.78, 5) is 21.4. The van der Waals surface area contributed by atoms with Crippen LogP contribution in [0, 0.1) is 5.92 Å². The molecule has 0 bridgehead atoms. The second kappa shape index (κ2) is 6.68. The number of sulfonamides is 1.